The number of carbonyl (C=O) groups is 8. The first kappa shape index (κ1) is 74.9. The average molecular weight is 1390 g/mol. The van der Waals surface area contributed by atoms with E-state index in [0.29, 0.717) is 56.9 Å². The number of nitrogens with two attached hydrogens (primary N) is 2. The van der Waals surface area contributed by atoms with Crippen LogP contribution in [0.25, 0.3) is 0 Å². The molecule has 1 aromatic rings. The topological polar surface area (TPSA) is 430 Å². The number of halogens is 2. The van der Waals surface area contributed by atoms with Crippen molar-refractivity contribution in [2.24, 2.45) is 68.6 Å². The van der Waals surface area contributed by atoms with Crippen LogP contribution in [0.4, 0.5) is 9.59 Å². The first-order chi connectivity index (χ1) is 45.0. The Hall–Kier alpha value is -6.92. The van der Waals surface area contributed by atoms with Crippen LogP contribution in [-0.2, 0) is 68.5 Å². The number of esters is 2. The van der Waals surface area contributed by atoms with E-state index in [1.165, 1.54) is 24.3 Å². The number of aliphatic hydroxyl groups is 4. The zero-order valence-electron chi connectivity index (χ0n) is 54.4. The number of alkyl halides is 2. The maximum atomic E-state index is 13.8. The fourth-order valence-electron chi connectivity index (χ4n) is 17.4. The van der Waals surface area contributed by atoms with Gasteiger partial charge in [-0.15, -0.1) is 43.4 Å². The van der Waals surface area contributed by atoms with Gasteiger partial charge in [0.15, 0.2) is 24.8 Å². The highest BCUT2D eigenvalue weighted by Gasteiger charge is 2.76. The molecule has 0 aliphatic heterocycles. The molecule has 96 heavy (non-hydrogen) atoms. The smallest absolute Gasteiger partial charge is 0.465 e. The van der Waals surface area contributed by atoms with Crippen LogP contribution in [0, 0.1) is 77.4 Å². The summed E-state index contributed by atoms with van der Waals surface area (Å²) in [6.07, 6.45) is 9.79. The third-order valence-electron chi connectivity index (χ3n) is 22.5. The van der Waals surface area contributed by atoms with E-state index in [0.717, 1.165) is 11.1 Å². The number of ether oxygens (including phenoxy) is 6. The summed E-state index contributed by atoms with van der Waals surface area (Å²) in [6.45, 7) is 8.52. The van der Waals surface area contributed by atoms with E-state index in [9.17, 15) is 79.0 Å². The Morgan fingerprint density at radius 2 is 1.01 bits per heavy atom. The normalized spacial score (nSPS) is 35.7. The molecule has 8 aliphatic carbocycles. The highest BCUT2D eigenvalue weighted by molar-refractivity contribution is 6.26. The van der Waals surface area contributed by atoms with Gasteiger partial charge < -0.3 is 70.0 Å². The SMILES string of the molecule is C[C@H]1C[C@H]2[C@@H]3CCC4=CC(=O)C=C[C@]4(C)[C@@]3(Cl)[C@@H](O)C[C@]2(C)[C@@]1(O)C(=O)COC(=O)OCC(N)C(=O)OCCCCO[N+](=O)[O-].C[C@H]1C[C@H]2[C@@H]3CCC4=CC(=O)C=C[C@]4(C)[C@@]3(Cl)[C@@H](O)C[C@]2(C)[C@@]1(O)C(=O)COC(=O)Oc1ccc(CC(N)C(=O)OCCCCO[N+](=O)[O-])cc1. The van der Waals surface area contributed by atoms with Crippen LogP contribution in [0.5, 0.6) is 5.75 Å². The summed E-state index contributed by atoms with van der Waals surface area (Å²) < 4.78 is 30.3. The van der Waals surface area contributed by atoms with Gasteiger partial charge in [0.1, 0.15) is 35.6 Å². The van der Waals surface area contributed by atoms with E-state index in [1.807, 2.05) is 13.8 Å². The maximum Gasteiger partial charge on any atom is 0.514 e. The lowest BCUT2D eigenvalue weighted by atomic mass is 9.45. The Bertz CT molecular complexity index is 3330. The number of Topliss-reactive ketones (excluding diaryl/α,β-unsaturated/α-hetero) is 2. The minimum Gasteiger partial charge on any atom is -0.465 e. The molecule has 0 amide bonds. The van der Waals surface area contributed by atoms with Gasteiger partial charge in [0.2, 0.25) is 11.6 Å². The molecule has 1 aromatic carbocycles. The minimum atomic E-state index is -1.95. The number of nitrogens with zero attached hydrogens (tertiary/aromatic N) is 2. The van der Waals surface area contributed by atoms with Crippen LogP contribution in [0.1, 0.15) is 124 Å². The van der Waals surface area contributed by atoms with Crippen molar-refractivity contribution in [1.82, 2.24) is 0 Å². The number of allylic oxidation sites excluding steroid dienone is 8. The predicted octanol–water partition coefficient (Wildman–Crippen LogP) is 5.97. The zero-order valence-corrected chi connectivity index (χ0v) is 56.0. The number of fused-ring (bicyclic) bond motifs is 10. The lowest BCUT2D eigenvalue weighted by Gasteiger charge is -2.63. The average Bonchev–Trinajstić information content (AvgIpc) is 1.30. The van der Waals surface area contributed by atoms with Gasteiger partial charge >= 0.3 is 24.2 Å². The van der Waals surface area contributed by atoms with Crippen molar-refractivity contribution in [3.05, 3.63) is 97.7 Å². The lowest BCUT2D eigenvalue weighted by Crippen LogP contribution is -2.69. The third-order valence-corrected chi connectivity index (χ3v) is 24.3. The van der Waals surface area contributed by atoms with Crippen molar-refractivity contribution >= 4 is 70.6 Å². The first-order valence-corrected chi connectivity index (χ1v) is 33.0. The molecule has 9 rings (SSSR count). The minimum absolute atomic E-state index is 0.0130. The van der Waals surface area contributed by atoms with Gasteiger partial charge in [0.25, 0.3) is 10.2 Å². The molecular weight excluding hydrogens is 1300 g/mol. The van der Waals surface area contributed by atoms with Crippen LogP contribution < -0.4 is 16.2 Å². The lowest BCUT2D eigenvalue weighted by molar-refractivity contribution is -0.757. The Labute approximate surface area is 563 Å². The second-order valence-corrected chi connectivity index (χ2v) is 28.8. The number of rotatable bonds is 25. The molecule has 6 saturated carbocycles. The molecule has 30 heteroatoms. The molecule has 8 aliphatic rings. The summed E-state index contributed by atoms with van der Waals surface area (Å²) >= 11 is 14.9. The van der Waals surface area contributed by atoms with Crippen molar-refractivity contribution in [3.8, 4) is 5.75 Å². The van der Waals surface area contributed by atoms with Crippen LogP contribution in [0.2, 0.25) is 0 Å². The molecule has 28 nitrogen and oxygen atoms in total. The molecule has 0 aromatic heterocycles. The number of carbonyl (C=O) groups excluding carboxylic acids is 8. The summed E-state index contributed by atoms with van der Waals surface area (Å²) in [5.41, 5.74) is 6.43. The highest BCUT2D eigenvalue weighted by Crippen LogP contribution is 2.73. The van der Waals surface area contributed by atoms with Crippen molar-refractivity contribution in [1.29, 1.82) is 0 Å². The Balaban J connectivity index is 0.000000248. The van der Waals surface area contributed by atoms with Gasteiger partial charge in [0.05, 0.1) is 48.4 Å². The maximum absolute atomic E-state index is 13.8. The van der Waals surface area contributed by atoms with Crippen molar-refractivity contribution in [2.75, 3.05) is 46.2 Å². The molecule has 0 bridgehead atoms. The summed E-state index contributed by atoms with van der Waals surface area (Å²) in [5.74, 6) is -5.17. The van der Waals surface area contributed by atoms with E-state index in [4.69, 9.17) is 63.1 Å². The van der Waals surface area contributed by atoms with Crippen LogP contribution in [0.15, 0.2) is 71.9 Å². The largest absolute Gasteiger partial charge is 0.514 e. The molecule has 0 radical (unpaired) electrons. The van der Waals surface area contributed by atoms with E-state index >= 15 is 0 Å². The van der Waals surface area contributed by atoms with Crippen LogP contribution in [0.3, 0.4) is 0 Å². The molecule has 8 N–H and O–H groups in total. The summed E-state index contributed by atoms with van der Waals surface area (Å²) in [5, 5.41) is 66.1. The van der Waals surface area contributed by atoms with Crippen molar-refractivity contribution in [3.63, 3.8) is 0 Å². The number of hydrogen-bond acceptors (Lipinski definition) is 26. The molecule has 0 spiro atoms. The summed E-state index contributed by atoms with van der Waals surface area (Å²) in [7, 11) is 0. The Morgan fingerprint density at radius 3 is 1.44 bits per heavy atom. The first-order valence-electron chi connectivity index (χ1n) is 32.2. The molecule has 0 heterocycles. The Kier molecular flexibility index (Phi) is 22.8. The second-order valence-electron chi connectivity index (χ2n) is 27.6. The molecule has 18 atom stereocenters. The zero-order chi connectivity index (χ0) is 70.7. The van der Waals surface area contributed by atoms with Gasteiger partial charge in [-0.05, 0) is 161 Å². The number of unbranched alkanes of at least 4 members (excludes halogenated alkanes) is 2. The second kappa shape index (κ2) is 29.3. The molecule has 0 saturated heterocycles. The molecular formula is C66H86Cl2N4O24. The number of benzene rings is 1. The van der Waals surface area contributed by atoms with E-state index in [2.05, 4.69) is 9.68 Å². The number of aliphatic hydroxyl groups excluding tert-OH is 2. The van der Waals surface area contributed by atoms with Crippen molar-refractivity contribution in [2.45, 2.75) is 170 Å². The van der Waals surface area contributed by atoms with E-state index in [-0.39, 0.29) is 99.5 Å². The summed E-state index contributed by atoms with van der Waals surface area (Å²) in [4.78, 5) is 127. The van der Waals surface area contributed by atoms with Gasteiger partial charge in [-0.1, -0.05) is 77.0 Å². The third kappa shape index (κ3) is 13.8. The highest BCUT2D eigenvalue weighted by atomic mass is 35.5. The molecule has 6 fully saturated rings. The van der Waals surface area contributed by atoms with Crippen LogP contribution in [-0.4, -0.2) is 169 Å². The van der Waals surface area contributed by atoms with E-state index < -0.39 is 145 Å². The number of ketones is 4. The van der Waals surface area contributed by atoms with Crippen LogP contribution >= 0.6 is 23.2 Å². The quantitative estimate of drug-likeness (QED) is 0.0125. The van der Waals surface area contributed by atoms with Crippen molar-refractivity contribution < 1.29 is 107 Å². The molecule has 2 unspecified atom stereocenters. The monoisotopic (exact) mass is 1390 g/mol. The van der Waals surface area contributed by atoms with Gasteiger partial charge in [-0.25, -0.2) is 9.59 Å². The van der Waals surface area contributed by atoms with Gasteiger partial charge in [0, 0.05) is 21.7 Å². The van der Waals surface area contributed by atoms with Gasteiger partial charge in [-0.2, -0.15) is 0 Å². The van der Waals surface area contributed by atoms with Gasteiger partial charge in [-0.3, -0.25) is 28.8 Å². The predicted molar refractivity (Wildman–Crippen MR) is 337 cm³/mol. The fraction of sp³-hybridized carbons (Fsp3) is 0.667. The number of hydrogen-bond donors (Lipinski definition) is 6. The summed E-state index contributed by atoms with van der Waals surface area (Å²) in [6, 6.07) is 3.81. The fourth-order valence-corrected chi connectivity index (χ4v) is 18.5. The molecule has 528 valence electrons. The standard InChI is InChI=1S/C36H45ClN2O12.C30H41ClN2O12/c1-21-16-27-26-11-8-23-18-24(40)12-13-33(23,2)35(26,37)29(41)19-34(27,3)36(21,45)30(42)20-49-32(44)51-25-9-6-22(7-10-25)17-28(38)31(43)48-14-4-5-15-50-39(46)47;1-17-12-21-20-7-6-18-13-19(34)8-9-27(18,2)29(20,31)23(35)14-28(21,3)30(17,39)24(36)16-44-26(38)43-15-22(32)25(37)42-10-4-5-11-45-33(40)41/h6-7,9-10,12-13,18,21,26-29,41,45H,4-5,8,11,14-17,19-20,38H2,1-3H3;8-9,13,17,20-23,35,39H,4-7,10-12,14-16,32H2,1-3H3/t21-,26-,27-,28?,29-,33-,34-,35-,36-;17-,20-,21-,22?,23-,27-,28-,29-,30-/m00/s1. The Morgan fingerprint density at radius 1 is 0.604 bits per heavy atom. The van der Waals surface area contributed by atoms with E-state index in [1.54, 1.807) is 64.1 Å².